The van der Waals surface area contributed by atoms with Crippen LogP contribution >= 0.6 is 31.9 Å². The highest BCUT2D eigenvalue weighted by Crippen LogP contribution is 2.46. The molecule has 3 aromatic rings. The molecule has 0 unspecified atom stereocenters. The molecule has 0 aromatic heterocycles. The smallest absolute Gasteiger partial charge is 0.269 e. The van der Waals surface area contributed by atoms with E-state index in [2.05, 4.69) is 37.9 Å². The number of ether oxygens (including phenoxy) is 2. The van der Waals surface area contributed by atoms with Gasteiger partial charge in [-0.3, -0.25) is 10.1 Å². The van der Waals surface area contributed by atoms with E-state index in [4.69, 9.17) is 15.2 Å². The van der Waals surface area contributed by atoms with Crippen LogP contribution in [0.5, 0.6) is 17.2 Å². The number of aromatic hydroxyl groups is 1. The molecule has 0 fully saturated rings. The predicted molar refractivity (Wildman–Crippen MR) is 127 cm³/mol. The van der Waals surface area contributed by atoms with E-state index in [0.29, 0.717) is 26.0 Å². The fourth-order valence-electron chi connectivity index (χ4n) is 3.54. The average molecular weight is 573 g/mol. The molecule has 0 amide bonds. The number of non-ortho nitro benzene ring substituents is 1. The van der Waals surface area contributed by atoms with Crippen LogP contribution in [0, 0.1) is 21.4 Å². The lowest BCUT2D eigenvalue weighted by atomic mass is 9.83. The van der Waals surface area contributed by atoms with E-state index >= 15 is 0 Å². The minimum atomic E-state index is -0.504. The number of fused-ring (bicyclic) bond motifs is 1. The summed E-state index contributed by atoms with van der Waals surface area (Å²) in [7, 11) is 0. The van der Waals surface area contributed by atoms with Crippen molar-refractivity contribution in [3.05, 3.63) is 102 Å². The number of hydrogen-bond donors (Lipinski definition) is 2. The number of halogens is 2. The quantitative estimate of drug-likeness (QED) is 0.299. The van der Waals surface area contributed by atoms with Gasteiger partial charge in [-0.25, -0.2) is 0 Å². The fourth-order valence-corrected chi connectivity index (χ4v) is 4.99. The summed E-state index contributed by atoms with van der Waals surface area (Å²) in [6.07, 6.45) is 0. The van der Waals surface area contributed by atoms with Crippen molar-refractivity contribution in [1.29, 1.82) is 5.26 Å². The third-order valence-electron chi connectivity index (χ3n) is 5.09. The summed E-state index contributed by atoms with van der Waals surface area (Å²) in [4.78, 5) is 10.4. The molecule has 0 radical (unpaired) electrons. The highest BCUT2D eigenvalue weighted by atomic mass is 79.9. The molecule has 33 heavy (non-hydrogen) atoms. The normalized spacial score (nSPS) is 14.8. The Morgan fingerprint density at radius 3 is 2.42 bits per heavy atom. The minimum absolute atomic E-state index is 0.0103. The number of phenols is 1. The highest BCUT2D eigenvalue weighted by molar-refractivity contribution is 9.11. The van der Waals surface area contributed by atoms with E-state index < -0.39 is 10.8 Å². The van der Waals surface area contributed by atoms with E-state index in [1.807, 2.05) is 12.1 Å². The van der Waals surface area contributed by atoms with Crippen molar-refractivity contribution in [2.75, 3.05) is 0 Å². The first kappa shape index (κ1) is 22.6. The zero-order valence-electron chi connectivity index (χ0n) is 16.8. The minimum Gasteiger partial charge on any atom is -0.508 e. The van der Waals surface area contributed by atoms with E-state index in [1.54, 1.807) is 18.2 Å². The second kappa shape index (κ2) is 9.13. The fraction of sp³-hybridized carbons (Fsp3) is 0.0870. The molecule has 3 N–H and O–H groups in total. The molecule has 4 rings (SSSR count). The van der Waals surface area contributed by atoms with E-state index in [0.717, 1.165) is 11.1 Å². The summed E-state index contributed by atoms with van der Waals surface area (Å²) in [5.41, 5.74) is 8.47. The Labute approximate surface area is 205 Å². The van der Waals surface area contributed by atoms with Crippen molar-refractivity contribution < 1.29 is 19.5 Å². The molecule has 0 saturated carbocycles. The average Bonchev–Trinajstić information content (AvgIpc) is 2.77. The van der Waals surface area contributed by atoms with Crippen molar-refractivity contribution in [2.45, 2.75) is 12.5 Å². The highest BCUT2D eigenvalue weighted by Gasteiger charge is 2.31. The number of nitro groups is 1. The summed E-state index contributed by atoms with van der Waals surface area (Å²) >= 11 is 7.06. The SMILES string of the molecule is N#CC1=C(N)Oc2cc(O)ccc2[C@@H]1c1cc(Br)c(OCc2ccc([N+](=O)[O-])cc2)c(Br)c1. The maximum absolute atomic E-state index is 10.8. The molecule has 1 aliphatic heterocycles. The van der Waals surface area contributed by atoms with Crippen molar-refractivity contribution in [2.24, 2.45) is 5.73 Å². The van der Waals surface area contributed by atoms with Crippen LogP contribution < -0.4 is 15.2 Å². The van der Waals surface area contributed by atoms with Crippen LogP contribution in [0.25, 0.3) is 0 Å². The zero-order chi connectivity index (χ0) is 23.7. The molecule has 1 heterocycles. The van der Waals surface area contributed by atoms with Crippen LogP contribution in [-0.2, 0) is 6.61 Å². The number of benzene rings is 3. The molecule has 0 bridgehead atoms. The summed E-state index contributed by atoms with van der Waals surface area (Å²) in [6.45, 7) is 0.199. The van der Waals surface area contributed by atoms with Gasteiger partial charge in [0.25, 0.3) is 5.69 Å². The largest absolute Gasteiger partial charge is 0.508 e. The molecule has 1 atom stereocenters. The number of nitrogens with two attached hydrogens (primary N) is 1. The lowest BCUT2D eigenvalue weighted by Crippen LogP contribution is -2.21. The van der Waals surface area contributed by atoms with Crippen LogP contribution in [0.3, 0.4) is 0 Å². The van der Waals surface area contributed by atoms with Gasteiger partial charge in [-0.15, -0.1) is 0 Å². The maximum atomic E-state index is 10.8. The molecule has 0 spiro atoms. The van der Waals surface area contributed by atoms with Gasteiger partial charge in [0.15, 0.2) is 0 Å². The van der Waals surface area contributed by atoms with Crippen LogP contribution in [0.1, 0.15) is 22.6 Å². The third kappa shape index (κ3) is 4.51. The number of phenolic OH excluding ortho intramolecular Hbond substituents is 1. The molecule has 10 heteroatoms. The summed E-state index contributed by atoms with van der Waals surface area (Å²) < 4.78 is 12.8. The van der Waals surface area contributed by atoms with Gasteiger partial charge in [0, 0.05) is 23.8 Å². The Balaban J connectivity index is 1.66. The van der Waals surface area contributed by atoms with Gasteiger partial charge in [-0.1, -0.05) is 6.07 Å². The Bertz CT molecular complexity index is 1310. The van der Waals surface area contributed by atoms with Crippen LogP contribution in [0.2, 0.25) is 0 Å². The third-order valence-corrected chi connectivity index (χ3v) is 6.27. The number of allylic oxidation sites excluding steroid dienone is 1. The number of nitro benzene ring substituents is 1. The maximum Gasteiger partial charge on any atom is 0.269 e. The van der Waals surface area contributed by atoms with Gasteiger partial charge in [0.2, 0.25) is 5.88 Å². The molecular formula is C23H15Br2N3O5. The van der Waals surface area contributed by atoms with E-state index in [-0.39, 0.29) is 29.5 Å². The Morgan fingerprint density at radius 2 is 1.82 bits per heavy atom. The van der Waals surface area contributed by atoms with Gasteiger partial charge < -0.3 is 20.3 Å². The van der Waals surface area contributed by atoms with Crippen molar-refractivity contribution in [3.8, 4) is 23.3 Å². The topological polar surface area (TPSA) is 132 Å². The molecular weight excluding hydrogens is 558 g/mol. The lowest BCUT2D eigenvalue weighted by molar-refractivity contribution is -0.384. The van der Waals surface area contributed by atoms with Crippen LogP contribution in [0.15, 0.2) is 75.0 Å². The number of rotatable bonds is 5. The van der Waals surface area contributed by atoms with Crippen LogP contribution in [0.4, 0.5) is 5.69 Å². The first-order valence-corrected chi connectivity index (χ1v) is 11.1. The van der Waals surface area contributed by atoms with Crippen LogP contribution in [-0.4, -0.2) is 10.0 Å². The monoisotopic (exact) mass is 571 g/mol. The summed E-state index contributed by atoms with van der Waals surface area (Å²) in [6, 6.07) is 16.6. The summed E-state index contributed by atoms with van der Waals surface area (Å²) in [5, 5.41) is 30.3. The van der Waals surface area contributed by atoms with Crippen molar-refractivity contribution in [1.82, 2.24) is 0 Å². The Hall–Kier alpha value is -3.55. The molecule has 8 nitrogen and oxygen atoms in total. The van der Waals surface area contributed by atoms with Gasteiger partial charge in [0.05, 0.1) is 19.8 Å². The second-order valence-electron chi connectivity index (χ2n) is 7.17. The van der Waals surface area contributed by atoms with Crippen molar-refractivity contribution >= 4 is 37.5 Å². The standard InChI is InChI=1S/C23H15Br2N3O5/c24-18-7-13(21-16-6-5-15(29)9-20(16)33-23(27)17(21)10-26)8-19(25)22(18)32-11-12-1-3-14(4-2-12)28(30)31/h1-9,21,29H,11,27H2/t21-/m0/s1. The van der Waals surface area contributed by atoms with Gasteiger partial charge >= 0.3 is 0 Å². The molecule has 166 valence electrons. The number of nitrogens with zero attached hydrogens (tertiary/aromatic N) is 2. The van der Waals surface area contributed by atoms with Gasteiger partial charge in [-0.05, 0) is 73.3 Å². The zero-order valence-corrected chi connectivity index (χ0v) is 20.0. The molecule has 0 aliphatic carbocycles. The Morgan fingerprint density at radius 1 is 1.15 bits per heavy atom. The van der Waals surface area contributed by atoms with E-state index in [1.165, 1.54) is 24.3 Å². The van der Waals surface area contributed by atoms with Gasteiger partial charge in [0.1, 0.15) is 35.5 Å². The lowest BCUT2D eigenvalue weighted by Gasteiger charge is -2.27. The predicted octanol–water partition coefficient (Wildman–Crippen LogP) is 5.62. The van der Waals surface area contributed by atoms with E-state index in [9.17, 15) is 20.5 Å². The molecule has 0 saturated heterocycles. The molecule has 3 aromatic carbocycles. The first-order valence-electron chi connectivity index (χ1n) is 9.54. The number of hydrogen-bond acceptors (Lipinski definition) is 7. The van der Waals surface area contributed by atoms with Crippen molar-refractivity contribution in [3.63, 3.8) is 0 Å². The first-order chi connectivity index (χ1) is 15.8. The summed E-state index contributed by atoms with van der Waals surface area (Å²) in [5.74, 6) is 0.410. The number of nitriles is 1. The van der Waals surface area contributed by atoms with Gasteiger partial charge in [-0.2, -0.15) is 5.26 Å². The second-order valence-corrected chi connectivity index (χ2v) is 8.88. The Kier molecular flexibility index (Phi) is 6.26. The molecule has 1 aliphatic rings.